The highest BCUT2D eigenvalue weighted by Gasteiger charge is 2.25. The quantitative estimate of drug-likeness (QED) is 0.752. The maximum atomic E-state index is 12.1. The molecule has 3 heteroatoms. The fraction of sp³-hybridized carbons (Fsp3) is 0.357. The lowest BCUT2D eigenvalue weighted by molar-refractivity contribution is 0.409. The number of ether oxygens (including phenoxy) is 1. The Labute approximate surface area is 99.6 Å². The minimum Gasteiger partial charge on any atom is -0.496 e. The average molecular weight is 229 g/mol. The van der Waals surface area contributed by atoms with E-state index in [-0.39, 0.29) is 11.6 Å². The lowest BCUT2D eigenvalue weighted by atomic mass is 10.0. The van der Waals surface area contributed by atoms with Crippen molar-refractivity contribution in [3.05, 3.63) is 39.7 Å². The summed E-state index contributed by atoms with van der Waals surface area (Å²) in [5.74, 6) is 0.889. The van der Waals surface area contributed by atoms with Crippen molar-refractivity contribution >= 4 is 10.9 Å². The van der Waals surface area contributed by atoms with E-state index in [0.29, 0.717) is 0 Å². The highest BCUT2D eigenvalue weighted by molar-refractivity contribution is 5.88. The molecule has 0 bridgehead atoms. The normalized spacial score (nSPS) is 17.7. The molecule has 0 N–H and O–H groups in total. The van der Waals surface area contributed by atoms with Crippen molar-refractivity contribution in [3.8, 4) is 5.75 Å². The third-order valence-corrected chi connectivity index (χ3v) is 3.64. The Bertz CT molecular complexity index is 670. The Kier molecular flexibility index (Phi) is 2.05. The molecule has 2 heterocycles. The van der Waals surface area contributed by atoms with E-state index in [0.717, 1.165) is 28.6 Å². The minimum absolute atomic E-state index is 0.0921. The van der Waals surface area contributed by atoms with Crippen LogP contribution in [0.1, 0.15) is 24.1 Å². The monoisotopic (exact) mass is 229 g/mol. The lowest BCUT2D eigenvalue weighted by Gasteiger charge is -2.10. The molecule has 3 rings (SSSR count). The summed E-state index contributed by atoms with van der Waals surface area (Å²) in [5.41, 5.74) is 3.36. The van der Waals surface area contributed by atoms with Crippen LogP contribution in [-0.4, -0.2) is 11.7 Å². The number of benzene rings is 1. The smallest absolute Gasteiger partial charge is 0.251 e. The van der Waals surface area contributed by atoms with E-state index in [4.69, 9.17) is 4.74 Å². The van der Waals surface area contributed by atoms with Crippen LogP contribution in [0, 0.1) is 6.92 Å². The molecule has 17 heavy (non-hydrogen) atoms. The molecule has 0 saturated carbocycles. The number of aryl methyl sites for hydroxylation is 1. The molecule has 1 aliphatic rings. The van der Waals surface area contributed by atoms with Gasteiger partial charge in [-0.15, -0.1) is 0 Å². The van der Waals surface area contributed by atoms with Gasteiger partial charge in [-0.25, -0.2) is 0 Å². The predicted octanol–water partition coefficient (Wildman–Crippen LogP) is 2.44. The summed E-state index contributed by atoms with van der Waals surface area (Å²) < 4.78 is 7.28. The maximum absolute atomic E-state index is 12.1. The van der Waals surface area contributed by atoms with Crippen LogP contribution in [-0.2, 0) is 6.42 Å². The number of hydrogen-bond acceptors (Lipinski definition) is 2. The van der Waals surface area contributed by atoms with Gasteiger partial charge in [-0.3, -0.25) is 4.79 Å². The van der Waals surface area contributed by atoms with Gasteiger partial charge in [0.05, 0.1) is 12.6 Å². The molecule has 1 unspecified atom stereocenters. The van der Waals surface area contributed by atoms with Crippen LogP contribution in [0.15, 0.2) is 23.0 Å². The average Bonchev–Trinajstić information content (AvgIpc) is 2.63. The Morgan fingerprint density at radius 3 is 2.88 bits per heavy atom. The molecule has 1 aromatic carbocycles. The minimum atomic E-state index is 0.0921. The topological polar surface area (TPSA) is 31.2 Å². The lowest BCUT2D eigenvalue weighted by Crippen LogP contribution is -2.20. The SMILES string of the molecule is COc1ccc2c(C)cc(=O)n3c2c1CC3C. The van der Waals surface area contributed by atoms with Crippen LogP contribution in [0.3, 0.4) is 0 Å². The molecule has 1 aliphatic heterocycles. The Morgan fingerprint density at radius 2 is 2.18 bits per heavy atom. The summed E-state index contributed by atoms with van der Waals surface area (Å²) in [4.78, 5) is 12.1. The van der Waals surface area contributed by atoms with Gasteiger partial charge in [0, 0.05) is 23.1 Å². The molecule has 2 aromatic rings. The summed E-state index contributed by atoms with van der Waals surface area (Å²) in [6.45, 7) is 4.07. The van der Waals surface area contributed by atoms with Crippen molar-refractivity contribution in [2.75, 3.05) is 7.11 Å². The molecule has 0 saturated heterocycles. The molecule has 0 spiro atoms. The Morgan fingerprint density at radius 1 is 1.41 bits per heavy atom. The number of aromatic nitrogens is 1. The van der Waals surface area contributed by atoms with Gasteiger partial charge in [-0.1, -0.05) is 0 Å². The number of pyridine rings is 1. The molecule has 1 aromatic heterocycles. The van der Waals surface area contributed by atoms with Gasteiger partial charge in [-0.05, 0) is 38.0 Å². The number of rotatable bonds is 1. The summed E-state index contributed by atoms with van der Waals surface area (Å²) in [5, 5.41) is 1.16. The Balaban J connectivity index is 2.54. The molecule has 0 radical (unpaired) electrons. The highest BCUT2D eigenvalue weighted by Crippen LogP contribution is 2.37. The predicted molar refractivity (Wildman–Crippen MR) is 67.9 cm³/mol. The van der Waals surface area contributed by atoms with Crippen molar-refractivity contribution in [2.24, 2.45) is 0 Å². The van der Waals surface area contributed by atoms with Crippen molar-refractivity contribution in [1.82, 2.24) is 4.57 Å². The van der Waals surface area contributed by atoms with Crippen molar-refractivity contribution in [1.29, 1.82) is 0 Å². The fourth-order valence-corrected chi connectivity index (χ4v) is 2.87. The molecule has 0 fully saturated rings. The second-order valence-corrected chi connectivity index (χ2v) is 4.73. The van der Waals surface area contributed by atoms with Crippen LogP contribution < -0.4 is 10.3 Å². The first kappa shape index (κ1) is 10.4. The first-order valence-corrected chi connectivity index (χ1v) is 5.85. The largest absolute Gasteiger partial charge is 0.496 e. The highest BCUT2D eigenvalue weighted by atomic mass is 16.5. The summed E-state index contributed by atoms with van der Waals surface area (Å²) in [6.07, 6.45) is 0.874. The third-order valence-electron chi connectivity index (χ3n) is 3.64. The summed E-state index contributed by atoms with van der Waals surface area (Å²) >= 11 is 0. The van der Waals surface area contributed by atoms with E-state index >= 15 is 0 Å². The van der Waals surface area contributed by atoms with Gasteiger partial charge < -0.3 is 9.30 Å². The van der Waals surface area contributed by atoms with Crippen molar-refractivity contribution in [2.45, 2.75) is 26.3 Å². The molecule has 0 amide bonds. The first-order valence-electron chi connectivity index (χ1n) is 5.85. The zero-order valence-corrected chi connectivity index (χ0v) is 10.3. The van der Waals surface area contributed by atoms with Crippen molar-refractivity contribution < 1.29 is 4.74 Å². The zero-order valence-electron chi connectivity index (χ0n) is 10.3. The number of hydrogen-bond donors (Lipinski definition) is 0. The van der Waals surface area contributed by atoms with Crippen LogP contribution in [0.4, 0.5) is 0 Å². The second kappa shape index (κ2) is 3.36. The third kappa shape index (κ3) is 1.25. The van der Waals surface area contributed by atoms with Crippen molar-refractivity contribution in [3.63, 3.8) is 0 Å². The standard InChI is InChI=1S/C14H15NO2/c1-8-6-13(16)15-9(2)7-11-12(17-3)5-4-10(8)14(11)15/h4-6,9H,7H2,1-3H3. The van der Waals surface area contributed by atoms with E-state index < -0.39 is 0 Å². The molecule has 0 aliphatic carbocycles. The number of nitrogens with zero attached hydrogens (tertiary/aromatic N) is 1. The van der Waals surface area contributed by atoms with Gasteiger partial charge in [-0.2, -0.15) is 0 Å². The van der Waals surface area contributed by atoms with E-state index in [9.17, 15) is 4.79 Å². The first-order chi connectivity index (χ1) is 8.13. The van der Waals surface area contributed by atoms with Crippen LogP contribution in [0.5, 0.6) is 5.75 Å². The molecular weight excluding hydrogens is 214 g/mol. The maximum Gasteiger partial charge on any atom is 0.251 e. The molecule has 3 nitrogen and oxygen atoms in total. The van der Waals surface area contributed by atoms with Gasteiger partial charge in [0.15, 0.2) is 0 Å². The second-order valence-electron chi connectivity index (χ2n) is 4.73. The molecule has 1 atom stereocenters. The van der Waals surface area contributed by atoms with Crippen LogP contribution >= 0.6 is 0 Å². The van der Waals surface area contributed by atoms with Gasteiger partial charge >= 0.3 is 0 Å². The van der Waals surface area contributed by atoms with E-state index in [1.54, 1.807) is 13.2 Å². The zero-order chi connectivity index (χ0) is 12.2. The van der Waals surface area contributed by atoms with E-state index in [1.807, 2.05) is 23.6 Å². The summed E-state index contributed by atoms with van der Waals surface area (Å²) in [7, 11) is 1.68. The van der Waals surface area contributed by atoms with E-state index in [1.165, 1.54) is 5.56 Å². The summed E-state index contributed by atoms with van der Waals surface area (Å²) in [6, 6.07) is 5.98. The molecule has 88 valence electrons. The van der Waals surface area contributed by atoms with Gasteiger partial charge in [0.25, 0.3) is 5.56 Å². The van der Waals surface area contributed by atoms with Crippen LogP contribution in [0.25, 0.3) is 10.9 Å². The molecular formula is C14H15NO2. The van der Waals surface area contributed by atoms with E-state index in [2.05, 4.69) is 6.92 Å². The Hall–Kier alpha value is -1.77. The fourth-order valence-electron chi connectivity index (χ4n) is 2.87. The van der Waals surface area contributed by atoms with Crippen LogP contribution in [0.2, 0.25) is 0 Å². The van der Waals surface area contributed by atoms with Gasteiger partial charge in [0.2, 0.25) is 0 Å². The van der Waals surface area contributed by atoms with Gasteiger partial charge in [0.1, 0.15) is 5.75 Å². The number of methoxy groups -OCH3 is 1.